The molecule has 0 saturated heterocycles. The molecule has 98 valence electrons. The molecule has 0 aliphatic rings. The summed E-state index contributed by atoms with van der Waals surface area (Å²) < 4.78 is 42.2. The quantitative estimate of drug-likeness (QED) is 0.749. The standard InChI is InChI=1S/C8H14F3N5O/c1-6(12-3-4-17-2)7-13-14-15-16(7)5-8(9,10)11/h6,12H,3-5H2,1-2H3. The predicted octanol–water partition coefficient (Wildman–Crippen LogP) is 0.532. The number of aromatic nitrogens is 4. The van der Waals surface area contributed by atoms with Gasteiger partial charge in [0, 0.05) is 13.7 Å². The minimum atomic E-state index is -4.34. The summed E-state index contributed by atoms with van der Waals surface area (Å²) in [7, 11) is 1.54. The normalized spacial score (nSPS) is 13.9. The summed E-state index contributed by atoms with van der Waals surface area (Å²) in [6, 6.07) is -0.373. The van der Waals surface area contributed by atoms with Crippen molar-refractivity contribution in [2.45, 2.75) is 25.7 Å². The second-order valence-electron chi connectivity index (χ2n) is 3.48. The predicted molar refractivity (Wildman–Crippen MR) is 52.2 cm³/mol. The van der Waals surface area contributed by atoms with E-state index in [1.54, 1.807) is 14.0 Å². The molecule has 0 amide bonds. The summed E-state index contributed by atoms with van der Waals surface area (Å²) in [6.45, 7) is 1.47. The molecule has 0 spiro atoms. The van der Waals surface area contributed by atoms with Gasteiger partial charge in [-0.1, -0.05) is 0 Å². The van der Waals surface area contributed by atoms with Gasteiger partial charge in [-0.15, -0.1) is 5.10 Å². The minimum absolute atomic E-state index is 0.151. The Bertz CT molecular complexity index is 340. The molecular weight excluding hydrogens is 239 g/mol. The number of nitrogens with one attached hydrogen (secondary N) is 1. The average Bonchev–Trinajstić information content (AvgIpc) is 2.63. The first-order valence-electron chi connectivity index (χ1n) is 4.99. The number of halogens is 3. The summed E-state index contributed by atoms with van der Waals surface area (Å²) in [5, 5.41) is 13.1. The van der Waals surface area contributed by atoms with Gasteiger partial charge in [-0.25, -0.2) is 4.68 Å². The second-order valence-corrected chi connectivity index (χ2v) is 3.48. The third-order valence-corrected chi connectivity index (χ3v) is 2.03. The molecule has 0 aliphatic carbocycles. The number of rotatable bonds is 6. The maximum Gasteiger partial charge on any atom is 0.408 e. The lowest BCUT2D eigenvalue weighted by molar-refractivity contribution is -0.143. The lowest BCUT2D eigenvalue weighted by Gasteiger charge is -2.14. The highest BCUT2D eigenvalue weighted by molar-refractivity contribution is 4.89. The maximum atomic E-state index is 12.2. The van der Waals surface area contributed by atoms with E-state index in [4.69, 9.17) is 4.74 Å². The van der Waals surface area contributed by atoms with Crippen LogP contribution in [0.3, 0.4) is 0 Å². The van der Waals surface area contributed by atoms with Crippen LogP contribution < -0.4 is 5.32 Å². The van der Waals surface area contributed by atoms with Gasteiger partial charge in [0.1, 0.15) is 6.54 Å². The fourth-order valence-corrected chi connectivity index (χ4v) is 1.27. The molecular formula is C8H14F3N5O. The first-order valence-corrected chi connectivity index (χ1v) is 4.99. The Labute approximate surface area is 96.1 Å². The zero-order chi connectivity index (χ0) is 12.9. The van der Waals surface area contributed by atoms with Crippen molar-refractivity contribution in [2.75, 3.05) is 20.3 Å². The molecule has 1 N–H and O–H groups in total. The summed E-state index contributed by atoms with van der Waals surface area (Å²) in [5.74, 6) is 0.151. The Hall–Kier alpha value is -1.22. The maximum absolute atomic E-state index is 12.2. The van der Waals surface area contributed by atoms with Crippen molar-refractivity contribution >= 4 is 0 Å². The third-order valence-electron chi connectivity index (χ3n) is 2.03. The molecule has 1 unspecified atom stereocenters. The van der Waals surface area contributed by atoms with Gasteiger partial charge in [0.05, 0.1) is 12.6 Å². The second kappa shape index (κ2) is 5.92. The molecule has 1 aromatic heterocycles. The van der Waals surface area contributed by atoms with Crippen LogP contribution >= 0.6 is 0 Å². The molecule has 1 atom stereocenters. The summed E-state index contributed by atoms with van der Waals surface area (Å²) in [4.78, 5) is 0. The van der Waals surface area contributed by atoms with Gasteiger partial charge in [0.25, 0.3) is 0 Å². The zero-order valence-corrected chi connectivity index (χ0v) is 9.53. The van der Waals surface area contributed by atoms with Crippen LogP contribution in [0.1, 0.15) is 18.8 Å². The van der Waals surface area contributed by atoms with Crippen LogP contribution in [-0.4, -0.2) is 46.6 Å². The van der Waals surface area contributed by atoms with Gasteiger partial charge >= 0.3 is 6.18 Å². The number of hydrogen-bond acceptors (Lipinski definition) is 5. The van der Waals surface area contributed by atoms with E-state index in [2.05, 4.69) is 20.8 Å². The number of hydrogen-bond donors (Lipinski definition) is 1. The molecule has 1 rings (SSSR count). The highest BCUT2D eigenvalue weighted by atomic mass is 19.4. The summed E-state index contributed by atoms with van der Waals surface area (Å²) in [6.07, 6.45) is -4.34. The van der Waals surface area contributed by atoms with Crippen molar-refractivity contribution in [3.63, 3.8) is 0 Å². The Morgan fingerprint density at radius 2 is 2.18 bits per heavy atom. The van der Waals surface area contributed by atoms with E-state index < -0.39 is 12.7 Å². The van der Waals surface area contributed by atoms with Crippen molar-refractivity contribution in [3.05, 3.63) is 5.82 Å². The van der Waals surface area contributed by atoms with E-state index in [0.717, 1.165) is 4.68 Å². The Kier molecular flexibility index (Phi) is 4.82. The molecule has 0 aromatic carbocycles. The van der Waals surface area contributed by atoms with E-state index >= 15 is 0 Å². The van der Waals surface area contributed by atoms with Crippen LogP contribution in [0.15, 0.2) is 0 Å². The molecule has 0 saturated carbocycles. The summed E-state index contributed by atoms with van der Waals surface area (Å²) >= 11 is 0. The molecule has 17 heavy (non-hydrogen) atoms. The van der Waals surface area contributed by atoms with Crippen LogP contribution in [0.5, 0.6) is 0 Å². The largest absolute Gasteiger partial charge is 0.408 e. The van der Waals surface area contributed by atoms with Gasteiger partial charge in [-0.2, -0.15) is 13.2 Å². The van der Waals surface area contributed by atoms with Gasteiger partial charge in [-0.3, -0.25) is 0 Å². The van der Waals surface area contributed by atoms with Crippen molar-refractivity contribution in [1.29, 1.82) is 0 Å². The Morgan fingerprint density at radius 1 is 1.47 bits per heavy atom. The molecule has 0 bridgehead atoms. The van der Waals surface area contributed by atoms with Crippen molar-refractivity contribution in [1.82, 2.24) is 25.5 Å². The van der Waals surface area contributed by atoms with Gasteiger partial charge in [-0.05, 0) is 17.4 Å². The van der Waals surface area contributed by atoms with Crippen LogP contribution in [0.2, 0.25) is 0 Å². The average molecular weight is 253 g/mol. The first kappa shape index (κ1) is 13.8. The SMILES string of the molecule is COCCNC(C)c1nnnn1CC(F)(F)F. The Morgan fingerprint density at radius 3 is 2.76 bits per heavy atom. The highest BCUT2D eigenvalue weighted by Gasteiger charge is 2.31. The van der Waals surface area contributed by atoms with E-state index in [9.17, 15) is 13.2 Å². The van der Waals surface area contributed by atoms with Gasteiger partial charge < -0.3 is 10.1 Å². The lowest BCUT2D eigenvalue weighted by Crippen LogP contribution is -2.28. The fraction of sp³-hybridized carbons (Fsp3) is 0.875. The molecule has 6 nitrogen and oxygen atoms in total. The zero-order valence-electron chi connectivity index (χ0n) is 9.53. The fourth-order valence-electron chi connectivity index (χ4n) is 1.27. The van der Waals surface area contributed by atoms with Gasteiger partial charge in [0.15, 0.2) is 5.82 Å². The number of alkyl halides is 3. The number of methoxy groups -OCH3 is 1. The summed E-state index contributed by atoms with van der Waals surface area (Å²) in [5.41, 5.74) is 0. The van der Waals surface area contributed by atoms with Crippen LogP contribution in [0, 0.1) is 0 Å². The molecule has 9 heteroatoms. The molecule has 1 heterocycles. The van der Waals surface area contributed by atoms with Crippen LogP contribution in [-0.2, 0) is 11.3 Å². The van der Waals surface area contributed by atoms with E-state index in [1.807, 2.05) is 0 Å². The topological polar surface area (TPSA) is 64.9 Å². The molecule has 0 fully saturated rings. The van der Waals surface area contributed by atoms with Crippen LogP contribution in [0.25, 0.3) is 0 Å². The number of nitrogens with zero attached hydrogens (tertiary/aromatic N) is 4. The molecule has 1 aromatic rings. The van der Waals surface area contributed by atoms with Crippen LogP contribution in [0.4, 0.5) is 13.2 Å². The van der Waals surface area contributed by atoms with Crippen molar-refractivity contribution in [3.8, 4) is 0 Å². The highest BCUT2D eigenvalue weighted by Crippen LogP contribution is 2.18. The van der Waals surface area contributed by atoms with Crippen molar-refractivity contribution in [2.24, 2.45) is 0 Å². The Balaban J connectivity index is 2.61. The van der Waals surface area contributed by atoms with E-state index in [0.29, 0.717) is 13.2 Å². The van der Waals surface area contributed by atoms with E-state index in [1.165, 1.54) is 0 Å². The molecule has 0 radical (unpaired) electrons. The number of ether oxygens (including phenoxy) is 1. The van der Waals surface area contributed by atoms with Crippen molar-refractivity contribution < 1.29 is 17.9 Å². The van der Waals surface area contributed by atoms with E-state index in [-0.39, 0.29) is 11.9 Å². The first-order chi connectivity index (χ1) is 7.94. The smallest absolute Gasteiger partial charge is 0.383 e. The minimum Gasteiger partial charge on any atom is -0.383 e. The third kappa shape index (κ3) is 4.65. The molecule has 0 aliphatic heterocycles. The lowest BCUT2D eigenvalue weighted by atomic mass is 10.3. The monoisotopic (exact) mass is 253 g/mol. The van der Waals surface area contributed by atoms with Gasteiger partial charge in [0.2, 0.25) is 0 Å². The number of tetrazole rings is 1.